The topological polar surface area (TPSA) is 61.9 Å². The molecule has 1 saturated carbocycles. The molecule has 172 valence electrons. The number of carbonyl (C=O) groups excluding carboxylic acids is 2. The van der Waals surface area contributed by atoms with Crippen molar-refractivity contribution in [3.05, 3.63) is 41.6 Å². The summed E-state index contributed by atoms with van der Waals surface area (Å²) in [6.45, 7) is 4.99. The third kappa shape index (κ3) is 4.00. The average molecular weight is 446 g/mol. The molecule has 8 heteroatoms. The minimum absolute atomic E-state index is 0.0388. The Balaban J connectivity index is 1.26. The normalized spacial score (nSPS) is 30.4. The van der Waals surface area contributed by atoms with Gasteiger partial charge in [-0.1, -0.05) is 6.58 Å². The maximum atomic E-state index is 13.6. The zero-order valence-corrected chi connectivity index (χ0v) is 18.1. The molecule has 0 spiro atoms. The van der Waals surface area contributed by atoms with Crippen molar-refractivity contribution in [2.75, 3.05) is 13.1 Å². The number of nitrogens with one attached hydrogen (secondary N) is 1. The van der Waals surface area contributed by atoms with Gasteiger partial charge in [-0.05, 0) is 55.9 Å². The smallest absolute Gasteiger partial charge is 0.255 e. The first kappa shape index (κ1) is 21.4. The number of piperidine rings is 2. The molecule has 0 bridgehead atoms. The minimum Gasteiger partial charge on any atom is -0.489 e. The van der Waals surface area contributed by atoms with E-state index < -0.39 is 12.0 Å². The number of nitrogens with zero attached hydrogens (tertiary/aromatic N) is 2. The lowest BCUT2D eigenvalue weighted by Crippen LogP contribution is -2.49. The van der Waals surface area contributed by atoms with Gasteiger partial charge < -0.3 is 15.0 Å². The van der Waals surface area contributed by atoms with Gasteiger partial charge in [0.2, 0.25) is 5.91 Å². The van der Waals surface area contributed by atoms with Gasteiger partial charge in [-0.3, -0.25) is 14.5 Å². The fraction of sp³-hybridized carbons (Fsp3) is 0.583. The van der Waals surface area contributed by atoms with Gasteiger partial charge in [0, 0.05) is 49.8 Å². The van der Waals surface area contributed by atoms with Gasteiger partial charge in [-0.25, -0.2) is 8.78 Å². The SMILES string of the molecule is C=C1CCC(N2Cc3cc(OC4CCCC4N4CCC(F)(F)CC4)ccc3C2=O)C(=O)N1. The van der Waals surface area contributed by atoms with E-state index in [2.05, 4.69) is 16.8 Å². The third-order valence-electron chi connectivity index (χ3n) is 7.31. The number of ether oxygens (including phenoxy) is 1. The maximum Gasteiger partial charge on any atom is 0.255 e. The largest absolute Gasteiger partial charge is 0.489 e. The second-order valence-electron chi connectivity index (χ2n) is 9.45. The summed E-state index contributed by atoms with van der Waals surface area (Å²) in [6, 6.07) is 5.14. The Morgan fingerprint density at radius 2 is 1.91 bits per heavy atom. The molecule has 2 amide bonds. The van der Waals surface area contributed by atoms with Gasteiger partial charge in [-0.15, -0.1) is 0 Å². The fourth-order valence-corrected chi connectivity index (χ4v) is 5.52. The quantitative estimate of drug-likeness (QED) is 0.771. The molecule has 3 aliphatic heterocycles. The van der Waals surface area contributed by atoms with Gasteiger partial charge in [0.25, 0.3) is 11.8 Å². The Hall–Kier alpha value is -2.48. The van der Waals surface area contributed by atoms with Gasteiger partial charge in [0.15, 0.2) is 0 Å². The number of likely N-dealkylation sites (tertiary alicyclic amines) is 1. The predicted molar refractivity (Wildman–Crippen MR) is 114 cm³/mol. The molecule has 3 heterocycles. The summed E-state index contributed by atoms with van der Waals surface area (Å²) in [5.41, 5.74) is 2.15. The first-order valence-electron chi connectivity index (χ1n) is 11.5. The summed E-state index contributed by atoms with van der Waals surface area (Å²) in [4.78, 5) is 29.1. The summed E-state index contributed by atoms with van der Waals surface area (Å²) in [5, 5.41) is 2.75. The molecule has 32 heavy (non-hydrogen) atoms. The van der Waals surface area contributed by atoms with E-state index in [1.54, 1.807) is 11.0 Å². The molecule has 0 radical (unpaired) electrons. The Bertz CT molecular complexity index is 940. The van der Waals surface area contributed by atoms with Gasteiger partial charge in [-0.2, -0.15) is 0 Å². The fourth-order valence-electron chi connectivity index (χ4n) is 5.52. The van der Waals surface area contributed by atoms with E-state index in [9.17, 15) is 18.4 Å². The highest BCUT2D eigenvalue weighted by Gasteiger charge is 2.41. The average Bonchev–Trinajstić information content (AvgIpc) is 3.33. The van der Waals surface area contributed by atoms with Crippen LogP contribution >= 0.6 is 0 Å². The van der Waals surface area contributed by atoms with Crippen LogP contribution in [0.4, 0.5) is 8.78 Å². The summed E-state index contributed by atoms with van der Waals surface area (Å²) in [5.74, 6) is -2.17. The Morgan fingerprint density at radius 1 is 1.12 bits per heavy atom. The molecular weight excluding hydrogens is 416 g/mol. The van der Waals surface area contributed by atoms with Gasteiger partial charge in [0.1, 0.15) is 17.9 Å². The Kier molecular flexibility index (Phi) is 5.43. The van der Waals surface area contributed by atoms with Crippen LogP contribution in [0.3, 0.4) is 0 Å². The van der Waals surface area contributed by atoms with Crippen LogP contribution < -0.4 is 10.1 Å². The number of fused-ring (bicyclic) bond motifs is 1. The summed E-state index contributed by atoms with van der Waals surface area (Å²) < 4.78 is 33.4. The number of halogens is 2. The van der Waals surface area contributed by atoms with Crippen LogP contribution in [-0.4, -0.2) is 58.8 Å². The highest BCUT2D eigenvalue weighted by atomic mass is 19.3. The van der Waals surface area contributed by atoms with Crippen molar-refractivity contribution < 1.29 is 23.1 Å². The lowest BCUT2D eigenvalue weighted by atomic mass is 10.0. The molecule has 4 aliphatic rings. The number of amides is 2. The van der Waals surface area contributed by atoms with Crippen LogP contribution in [0.1, 0.15) is 60.9 Å². The highest BCUT2D eigenvalue weighted by Crippen LogP contribution is 2.36. The molecule has 1 aromatic rings. The van der Waals surface area contributed by atoms with E-state index in [0.717, 1.165) is 24.8 Å². The first-order chi connectivity index (χ1) is 15.3. The summed E-state index contributed by atoms with van der Waals surface area (Å²) >= 11 is 0. The number of benzene rings is 1. The molecule has 5 rings (SSSR count). The molecule has 1 aromatic carbocycles. The van der Waals surface area contributed by atoms with Crippen LogP contribution in [-0.2, 0) is 11.3 Å². The second-order valence-corrected chi connectivity index (χ2v) is 9.45. The van der Waals surface area contributed by atoms with E-state index >= 15 is 0 Å². The van der Waals surface area contributed by atoms with E-state index in [0.29, 0.717) is 49.5 Å². The number of hydrogen-bond donors (Lipinski definition) is 1. The van der Waals surface area contributed by atoms with Crippen molar-refractivity contribution in [1.82, 2.24) is 15.1 Å². The van der Waals surface area contributed by atoms with E-state index in [1.807, 2.05) is 12.1 Å². The van der Waals surface area contributed by atoms with Gasteiger partial charge in [0.05, 0.1) is 0 Å². The molecule has 3 unspecified atom stereocenters. The Labute approximate surface area is 186 Å². The molecule has 6 nitrogen and oxygen atoms in total. The molecule has 3 fully saturated rings. The van der Waals surface area contributed by atoms with Gasteiger partial charge >= 0.3 is 0 Å². The number of carbonyl (C=O) groups is 2. The molecular formula is C24H29F2N3O3. The highest BCUT2D eigenvalue weighted by molar-refractivity contribution is 6.01. The molecule has 0 aromatic heterocycles. The summed E-state index contributed by atoms with van der Waals surface area (Å²) in [6.07, 6.45) is 3.89. The van der Waals surface area contributed by atoms with E-state index in [-0.39, 0.29) is 36.8 Å². The monoisotopic (exact) mass is 445 g/mol. The summed E-state index contributed by atoms with van der Waals surface area (Å²) in [7, 11) is 0. The number of allylic oxidation sites excluding steroid dienone is 1. The standard InChI is InChI=1S/C24H29F2N3O3/c1-15-5-8-20(22(30)27-15)29-14-16-13-17(6-7-18(16)23(29)31)32-21-4-2-3-19(21)28-11-9-24(25,26)10-12-28/h6-7,13,19-21H,1-5,8-12,14H2,(H,27,30). The Morgan fingerprint density at radius 3 is 2.66 bits per heavy atom. The third-order valence-corrected chi connectivity index (χ3v) is 7.31. The molecule has 3 atom stereocenters. The lowest BCUT2D eigenvalue weighted by Gasteiger charge is -2.38. The van der Waals surface area contributed by atoms with E-state index in [1.165, 1.54) is 0 Å². The van der Waals surface area contributed by atoms with Crippen molar-refractivity contribution in [1.29, 1.82) is 0 Å². The maximum absolute atomic E-state index is 13.6. The number of alkyl halides is 2. The van der Waals surface area contributed by atoms with Crippen molar-refractivity contribution in [3.63, 3.8) is 0 Å². The van der Waals surface area contributed by atoms with Crippen LogP contribution in [0, 0.1) is 0 Å². The predicted octanol–water partition coefficient (Wildman–Crippen LogP) is 3.47. The minimum atomic E-state index is -2.55. The molecule has 2 saturated heterocycles. The number of hydrogen-bond acceptors (Lipinski definition) is 4. The van der Waals surface area contributed by atoms with Crippen molar-refractivity contribution >= 4 is 11.8 Å². The second kappa shape index (κ2) is 8.14. The number of rotatable bonds is 4. The van der Waals surface area contributed by atoms with Crippen molar-refractivity contribution in [2.24, 2.45) is 0 Å². The molecule has 1 aliphatic carbocycles. The van der Waals surface area contributed by atoms with Crippen molar-refractivity contribution in [3.8, 4) is 5.75 Å². The zero-order valence-electron chi connectivity index (χ0n) is 18.1. The van der Waals surface area contributed by atoms with Crippen molar-refractivity contribution in [2.45, 2.75) is 75.6 Å². The lowest BCUT2D eigenvalue weighted by molar-refractivity contribution is -0.126. The van der Waals surface area contributed by atoms with Crippen LogP contribution in [0.2, 0.25) is 0 Å². The van der Waals surface area contributed by atoms with Crippen LogP contribution in [0.15, 0.2) is 30.5 Å². The zero-order chi connectivity index (χ0) is 22.5. The first-order valence-corrected chi connectivity index (χ1v) is 11.5. The van der Waals surface area contributed by atoms with E-state index in [4.69, 9.17) is 4.74 Å². The van der Waals surface area contributed by atoms with Crippen LogP contribution in [0.5, 0.6) is 5.75 Å². The van der Waals surface area contributed by atoms with Crippen LogP contribution in [0.25, 0.3) is 0 Å². The molecule has 1 N–H and O–H groups in total.